The van der Waals surface area contributed by atoms with Gasteiger partial charge in [0, 0.05) is 6.42 Å². The van der Waals surface area contributed by atoms with Crippen LogP contribution < -0.4 is 5.32 Å². The molecule has 0 heterocycles. The SMILES string of the molecule is C=C(NC(=O)CC1C2CC3CC(C2)CC1C3)C(=O)O. The Kier molecular flexibility index (Phi) is 3.11. The zero-order valence-corrected chi connectivity index (χ0v) is 11.1. The number of hydrogen-bond donors (Lipinski definition) is 2. The van der Waals surface area contributed by atoms with E-state index in [1.54, 1.807) is 0 Å². The van der Waals surface area contributed by atoms with Gasteiger partial charge in [-0.25, -0.2) is 4.79 Å². The first kappa shape index (κ1) is 12.7. The molecule has 4 aliphatic carbocycles. The van der Waals surface area contributed by atoms with Crippen molar-refractivity contribution in [2.24, 2.45) is 29.6 Å². The maximum absolute atomic E-state index is 11.9. The summed E-state index contributed by atoms with van der Waals surface area (Å²) in [6.07, 6.45) is 7.01. The quantitative estimate of drug-likeness (QED) is 0.764. The molecule has 1 amide bonds. The molecule has 4 nitrogen and oxygen atoms in total. The Bertz CT molecular complexity index is 401. The number of carboxylic acids is 1. The maximum Gasteiger partial charge on any atom is 0.351 e. The normalized spacial score (nSPS) is 39.1. The summed E-state index contributed by atoms with van der Waals surface area (Å²) in [6, 6.07) is 0. The number of carbonyl (C=O) groups excluding carboxylic acids is 1. The van der Waals surface area contributed by atoms with Crippen LogP contribution in [0.25, 0.3) is 0 Å². The molecule has 0 aliphatic heterocycles. The summed E-state index contributed by atoms with van der Waals surface area (Å²) in [5, 5.41) is 11.1. The van der Waals surface area contributed by atoms with Gasteiger partial charge in [-0.1, -0.05) is 6.58 Å². The topological polar surface area (TPSA) is 66.4 Å². The lowest BCUT2D eigenvalue weighted by Crippen LogP contribution is -2.46. The minimum Gasteiger partial charge on any atom is -0.477 e. The number of aliphatic carboxylic acids is 1. The van der Waals surface area contributed by atoms with Crippen molar-refractivity contribution >= 4 is 11.9 Å². The lowest BCUT2D eigenvalue weighted by atomic mass is 9.51. The Morgan fingerprint density at radius 1 is 1.05 bits per heavy atom. The average molecular weight is 263 g/mol. The van der Waals surface area contributed by atoms with Crippen LogP contribution in [0.15, 0.2) is 12.3 Å². The second-order valence-electron chi connectivity index (χ2n) is 6.63. The fourth-order valence-electron chi connectivity index (χ4n) is 4.86. The Hall–Kier alpha value is -1.32. The van der Waals surface area contributed by atoms with Gasteiger partial charge in [0.25, 0.3) is 0 Å². The molecule has 0 aromatic heterocycles. The van der Waals surface area contributed by atoms with Gasteiger partial charge < -0.3 is 10.4 Å². The van der Waals surface area contributed by atoms with Crippen LogP contribution in [-0.2, 0) is 9.59 Å². The third-order valence-electron chi connectivity index (χ3n) is 5.39. The van der Waals surface area contributed by atoms with Gasteiger partial charge in [-0.15, -0.1) is 0 Å². The van der Waals surface area contributed by atoms with Gasteiger partial charge in [0.15, 0.2) is 0 Å². The molecule has 104 valence electrons. The first-order valence-electron chi connectivity index (χ1n) is 7.25. The molecular formula is C15H21NO3. The lowest BCUT2D eigenvalue weighted by molar-refractivity contribution is -0.135. The summed E-state index contributed by atoms with van der Waals surface area (Å²) in [4.78, 5) is 22.6. The molecular weight excluding hydrogens is 242 g/mol. The first-order valence-corrected chi connectivity index (χ1v) is 7.25. The van der Waals surface area contributed by atoms with Gasteiger partial charge >= 0.3 is 5.97 Å². The molecule has 0 radical (unpaired) electrons. The van der Waals surface area contributed by atoms with E-state index in [1.807, 2.05) is 0 Å². The average Bonchev–Trinajstić information content (AvgIpc) is 2.32. The standard InChI is InChI=1S/C15H21NO3/c1-8(15(18)19)16-14(17)7-13-11-3-9-2-10(5-11)6-12(13)4-9/h9-13H,1-7H2,(H,16,17)(H,18,19). The minimum absolute atomic E-state index is 0.176. The summed E-state index contributed by atoms with van der Waals surface area (Å²) >= 11 is 0. The number of carboxylic acid groups (broad SMARTS) is 1. The lowest BCUT2D eigenvalue weighted by Gasteiger charge is -2.54. The molecule has 4 aliphatic rings. The summed E-state index contributed by atoms with van der Waals surface area (Å²) in [7, 11) is 0. The first-order chi connectivity index (χ1) is 9.02. The van der Waals surface area contributed by atoms with Crippen molar-refractivity contribution in [3.63, 3.8) is 0 Å². The van der Waals surface area contributed by atoms with Gasteiger partial charge in [0.05, 0.1) is 0 Å². The van der Waals surface area contributed by atoms with Gasteiger partial charge in [-0.05, 0) is 61.7 Å². The number of hydrogen-bond acceptors (Lipinski definition) is 2. The number of carbonyl (C=O) groups is 2. The van der Waals surface area contributed by atoms with Gasteiger partial charge in [0.1, 0.15) is 5.70 Å². The van der Waals surface area contributed by atoms with Crippen molar-refractivity contribution in [2.45, 2.75) is 38.5 Å². The minimum atomic E-state index is -1.15. The van der Waals surface area contributed by atoms with Gasteiger partial charge in [-0.2, -0.15) is 0 Å². The van der Waals surface area contributed by atoms with E-state index in [-0.39, 0.29) is 11.6 Å². The van der Waals surface area contributed by atoms with Crippen molar-refractivity contribution in [2.75, 3.05) is 0 Å². The summed E-state index contributed by atoms with van der Waals surface area (Å²) in [5.41, 5.74) is -0.214. The van der Waals surface area contributed by atoms with Crippen LogP contribution in [0.3, 0.4) is 0 Å². The van der Waals surface area contributed by atoms with E-state index in [2.05, 4.69) is 11.9 Å². The van der Waals surface area contributed by atoms with Crippen molar-refractivity contribution in [3.05, 3.63) is 12.3 Å². The van der Waals surface area contributed by atoms with Crippen molar-refractivity contribution in [1.29, 1.82) is 0 Å². The summed E-state index contributed by atoms with van der Waals surface area (Å²) < 4.78 is 0. The number of nitrogens with one attached hydrogen (secondary N) is 1. The van der Waals surface area contributed by atoms with Crippen molar-refractivity contribution in [1.82, 2.24) is 5.32 Å². The third-order valence-corrected chi connectivity index (χ3v) is 5.39. The van der Waals surface area contributed by atoms with Crippen molar-refractivity contribution < 1.29 is 14.7 Å². The molecule has 0 atom stereocenters. The summed E-state index contributed by atoms with van der Waals surface area (Å²) in [6.45, 7) is 3.35. The fraction of sp³-hybridized carbons (Fsp3) is 0.733. The Balaban J connectivity index is 1.59. The molecule has 0 aromatic carbocycles. The Labute approximate surface area is 113 Å². The van der Waals surface area contributed by atoms with Crippen LogP contribution in [0.2, 0.25) is 0 Å². The monoisotopic (exact) mass is 263 g/mol. The maximum atomic E-state index is 11.9. The molecule has 4 rings (SSSR count). The number of rotatable bonds is 4. The largest absolute Gasteiger partial charge is 0.477 e. The van der Waals surface area contributed by atoms with E-state index in [0.29, 0.717) is 24.2 Å². The zero-order chi connectivity index (χ0) is 13.6. The second-order valence-corrected chi connectivity index (χ2v) is 6.63. The second kappa shape index (κ2) is 4.66. The zero-order valence-electron chi connectivity index (χ0n) is 11.1. The van der Waals surface area contributed by atoms with Crippen LogP contribution in [-0.4, -0.2) is 17.0 Å². The van der Waals surface area contributed by atoms with E-state index >= 15 is 0 Å². The predicted molar refractivity (Wildman–Crippen MR) is 70.1 cm³/mol. The van der Waals surface area contributed by atoms with Gasteiger partial charge in [-0.3, -0.25) is 4.79 Å². The van der Waals surface area contributed by atoms with E-state index in [1.165, 1.54) is 32.1 Å². The summed E-state index contributed by atoms with van der Waals surface area (Å²) in [5.74, 6) is 2.32. The van der Waals surface area contributed by atoms with Crippen molar-refractivity contribution in [3.8, 4) is 0 Å². The van der Waals surface area contributed by atoms with Crippen LogP contribution >= 0.6 is 0 Å². The van der Waals surface area contributed by atoms with Crippen LogP contribution in [0.1, 0.15) is 38.5 Å². The smallest absolute Gasteiger partial charge is 0.351 e. The molecule has 0 aromatic rings. The van der Waals surface area contributed by atoms with E-state index in [9.17, 15) is 9.59 Å². The van der Waals surface area contributed by atoms with E-state index < -0.39 is 5.97 Å². The molecule has 2 N–H and O–H groups in total. The molecule has 4 fully saturated rings. The molecule has 0 unspecified atom stereocenters. The Morgan fingerprint density at radius 3 is 2.05 bits per heavy atom. The van der Waals surface area contributed by atoms with E-state index in [4.69, 9.17) is 5.11 Å². The molecule has 4 bridgehead atoms. The molecule has 4 saturated carbocycles. The highest BCUT2D eigenvalue weighted by atomic mass is 16.4. The highest BCUT2D eigenvalue weighted by Gasteiger charge is 2.48. The fourth-order valence-corrected chi connectivity index (χ4v) is 4.86. The third kappa shape index (κ3) is 2.40. The molecule has 0 saturated heterocycles. The van der Waals surface area contributed by atoms with E-state index in [0.717, 1.165) is 11.8 Å². The highest BCUT2D eigenvalue weighted by Crippen LogP contribution is 2.57. The van der Waals surface area contributed by atoms with Crippen LogP contribution in [0.4, 0.5) is 0 Å². The number of amides is 1. The predicted octanol–water partition coefficient (Wildman–Crippen LogP) is 2.16. The molecule has 4 heteroatoms. The highest BCUT2D eigenvalue weighted by molar-refractivity contribution is 5.92. The molecule has 0 spiro atoms. The van der Waals surface area contributed by atoms with Crippen LogP contribution in [0.5, 0.6) is 0 Å². The van der Waals surface area contributed by atoms with Crippen LogP contribution in [0, 0.1) is 29.6 Å². The molecule has 19 heavy (non-hydrogen) atoms. The van der Waals surface area contributed by atoms with Gasteiger partial charge in [0.2, 0.25) is 5.91 Å². The Morgan fingerprint density at radius 2 is 1.58 bits per heavy atom.